The van der Waals surface area contributed by atoms with Gasteiger partial charge in [0.15, 0.2) is 5.82 Å². The fraction of sp³-hybridized carbons (Fsp3) is 0.222. The van der Waals surface area contributed by atoms with Crippen LogP contribution in [0.3, 0.4) is 0 Å². The van der Waals surface area contributed by atoms with Crippen molar-refractivity contribution in [1.82, 2.24) is 30.4 Å². The molecule has 0 saturated heterocycles. The predicted molar refractivity (Wildman–Crippen MR) is 141 cm³/mol. The molecule has 2 N–H and O–H groups in total. The number of rotatable bonds is 11. The summed E-state index contributed by atoms with van der Waals surface area (Å²) in [5.41, 5.74) is 1.94. The summed E-state index contributed by atoms with van der Waals surface area (Å²) in [6, 6.07) is 19.5. The van der Waals surface area contributed by atoms with Crippen molar-refractivity contribution in [3.05, 3.63) is 84.3 Å². The maximum Gasteiger partial charge on any atom is 0.274 e. The van der Waals surface area contributed by atoms with Gasteiger partial charge in [-0.05, 0) is 59.9 Å². The number of amides is 2. The molecule has 10 heteroatoms. The van der Waals surface area contributed by atoms with Gasteiger partial charge in [-0.3, -0.25) is 9.59 Å². The minimum Gasteiger partial charge on any atom is -0.465 e. The van der Waals surface area contributed by atoms with E-state index < -0.39 is 5.91 Å². The van der Waals surface area contributed by atoms with E-state index in [0.29, 0.717) is 29.4 Å². The fourth-order valence-electron chi connectivity index (χ4n) is 3.72. The van der Waals surface area contributed by atoms with Crippen LogP contribution in [0, 0.1) is 0 Å². The Morgan fingerprint density at radius 3 is 2.43 bits per heavy atom. The third kappa shape index (κ3) is 6.56. The summed E-state index contributed by atoms with van der Waals surface area (Å²) in [6.45, 7) is 7.42. The number of carbonyl (C=O) groups excluding carboxylic acids is 2. The van der Waals surface area contributed by atoms with Crippen LogP contribution in [-0.2, 0) is 4.79 Å². The number of furan rings is 1. The lowest BCUT2D eigenvalue weighted by molar-refractivity contribution is -0.111. The standard InChI is InChI=1S/C27H29N7O3/c1-3-33(4-2)17-16-28-26(35)21-12-14-22(15-13-21)29-27(36)24(19-23-11-8-18-37-23)34-25(30-31-32-34)20-9-6-5-7-10-20/h5-15,18-19H,3-4,16-17H2,1-2H3,(H,28,35)(H,29,36). The van der Waals surface area contributed by atoms with Crippen molar-refractivity contribution in [2.75, 3.05) is 31.5 Å². The van der Waals surface area contributed by atoms with Gasteiger partial charge >= 0.3 is 0 Å². The molecule has 0 fully saturated rings. The van der Waals surface area contributed by atoms with Crippen LogP contribution < -0.4 is 10.6 Å². The Kier molecular flexibility index (Phi) is 8.56. The highest BCUT2D eigenvalue weighted by atomic mass is 16.3. The van der Waals surface area contributed by atoms with Gasteiger partial charge in [0, 0.05) is 36.0 Å². The number of likely N-dealkylation sites (N-methyl/N-ethyl adjacent to an activating group) is 1. The molecule has 0 radical (unpaired) electrons. The topological polar surface area (TPSA) is 118 Å². The number of aromatic nitrogens is 4. The summed E-state index contributed by atoms with van der Waals surface area (Å²) in [4.78, 5) is 28.1. The summed E-state index contributed by atoms with van der Waals surface area (Å²) < 4.78 is 6.79. The van der Waals surface area contributed by atoms with Crippen LogP contribution in [0.1, 0.15) is 30.0 Å². The number of hydrogen-bond acceptors (Lipinski definition) is 7. The zero-order valence-corrected chi connectivity index (χ0v) is 20.8. The molecule has 4 rings (SSSR count). The van der Waals surface area contributed by atoms with Crippen molar-refractivity contribution in [3.63, 3.8) is 0 Å². The average Bonchev–Trinajstić information content (AvgIpc) is 3.63. The van der Waals surface area contributed by atoms with E-state index in [4.69, 9.17) is 4.42 Å². The van der Waals surface area contributed by atoms with Gasteiger partial charge in [0.1, 0.15) is 11.5 Å². The molecule has 0 aliphatic carbocycles. The highest BCUT2D eigenvalue weighted by Gasteiger charge is 2.20. The summed E-state index contributed by atoms with van der Waals surface area (Å²) in [5.74, 6) is 0.267. The molecule has 2 amide bonds. The monoisotopic (exact) mass is 499 g/mol. The van der Waals surface area contributed by atoms with Gasteiger partial charge in [-0.25, -0.2) is 0 Å². The van der Waals surface area contributed by atoms with Gasteiger partial charge in [0.05, 0.1) is 6.26 Å². The first kappa shape index (κ1) is 25.5. The van der Waals surface area contributed by atoms with E-state index in [1.165, 1.54) is 10.9 Å². The number of nitrogens with zero attached hydrogens (tertiary/aromatic N) is 5. The summed E-state index contributed by atoms with van der Waals surface area (Å²) in [5, 5.41) is 17.7. The molecule has 0 saturated carbocycles. The molecule has 2 aromatic carbocycles. The maximum absolute atomic E-state index is 13.4. The highest BCUT2D eigenvalue weighted by Crippen LogP contribution is 2.22. The number of hydrogen-bond donors (Lipinski definition) is 2. The van der Waals surface area contributed by atoms with Gasteiger partial charge < -0.3 is 20.0 Å². The zero-order valence-electron chi connectivity index (χ0n) is 20.8. The van der Waals surface area contributed by atoms with Crippen LogP contribution in [-0.4, -0.2) is 63.1 Å². The lowest BCUT2D eigenvalue weighted by Crippen LogP contribution is -2.34. The van der Waals surface area contributed by atoms with Gasteiger partial charge in [-0.1, -0.05) is 44.2 Å². The second kappa shape index (κ2) is 12.4. The molecule has 10 nitrogen and oxygen atoms in total. The molecule has 190 valence electrons. The van der Waals surface area contributed by atoms with Crippen molar-refractivity contribution >= 4 is 29.3 Å². The summed E-state index contributed by atoms with van der Waals surface area (Å²) in [7, 11) is 0. The molecule has 0 aliphatic heterocycles. The molecule has 0 unspecified atom stereocenters. The summed E-state index contributed by atoms with van der Waals surface area (Å²) >= 11 is 0. The minimum absolute atomic E-state index is 0.162. The fourth-order valence-corrected chi connectivity index (χ4v) is 3.72. The van der Waals surface area contributed by atoms with Crippen LogP contribution in [0.25, 0.3) is 23.2 Å². The Labute approximate surface area is 215 Å². The number of tetrazole rings is 1. The lowest BCUT2D eigenvalue weighted by Gasteiger charge is -2.18. The number of anilines is 1. The Bertz CT molecular complexity index is 1330. The maximum atomic E-state index is 13.4. The van der Waals surface area contributed by atoms with Crippen molar-refractivity contribution in [1.29, 1.82) is 0 Å². The van der Waals surface area contributed by atoms with Gasteiger partial charge in [0.25, 0.3) is 11.8 Å². The Morgan fingerprint density at radius 1 is 1.00 bits per heavy atom. The average molecular weight is 500 g/mol. The molecule has 0 aliphatic rings. The SMILES string of the molecule is CCN(CC)CCNC(=O)c1ccc(NC(=O)C(=Cc2ccco2)n2nnnc2-c2ccccc2)cc1. The van der Waals surface area contributed by atoms with Crippen LogP contribution in [0.15, 0.2) is 77.4 Å². The first-order valence-corrected chi connectivity index (χ1v) is 12.1. The molecule has 2 aromatic heterocycles. The molecule has 37 heavy (non-hydrogen) atoms. The van der Waals surface area contributed by atoms with Crippen molar-refractivity contribution in [2.45, 2.75) is 13.8 Å². The van der Waals surface area contributed by atoms with E-state index in [1.807, 2.05) is 30.3 Å². The van der Waals surface area contributed by atoms with Crippen LogP contribution in [0.2, 0.25) is 0 Å². The van der Waals surface area contributed by atoms with E-state index in [9.17, 15) is 9.59 Å². The third-order valence-electron chi connectivity index (χ3n) is 5.80. The molecule has 2 heterocycles. The van der Waals surface area contributed by atoms with Crippen molar-refractivity contribution < 1.29 is 14.0 Å². The first-order chi connectivity index (χ1) is 18.1. The van der Waals surface area contributed by atoms with Gasteiger partial charge in [0.2, 0.25) is 0 Å². The molecule has 0 bridgehead atoms. The lowest BCUT2D eigenvalue weighted by atomic mass is 10.2. The van der Waals surface area contributed by atoms with E-state index in [2.05, 4.69) is 44.9 Å². The van der Waals surface area contributed by atoms with E-state index in [-0.39, 0.29) is 11.6 Å². The molecule has 0 spiro atoms. The normalized spacial score (nSPS) is 11.5. The van der Waals surface area contributed by atoms with E-state index in [1.54, 1.807) is 42.5 Å². The quantitative estimate of drug-likeness (QED) is 0.303. The minimum atomic E-state index is -0.447. The molecular weight excluding hydrogens is 470 g/mol. The third-order valence-corrected chi connectivity index (χ3v) is 5.80. The van der Waals surface area contributed by atoms with Crippen LogP contribution in [0.4, 0.5) is 5.69 Å². The van der Waals surface area contributed by atoms with Crippen molar-refractivity contribution in [2.24, 2.45) is 0 Å². The van der Waals surface area contributed by atoms with Gasteiger partial charge in [-0.2, -0.15) is 4.68 Å². The number of nitrogens with one attached hydrogen (secondary N) is 2. The smallest absolute Gasteiger partial charge is 0.274 e. The zero-order chi connectivity index (χ0) is 26.0. The Balaban J connectivity index is 1.50. The molecular formula is C27H29N7O3. The predicted octanol–water partition coefficient (Wildman–Crippen LogP) is 3.64. The highest BCUT2D eigenvalue weighted by molar-refractivity contribution is 6.24. The van der Waals surface area contributed by atoms with Gasteiger partial charge in [-0.15, -0.1) is 5.10 Å². The van der Waals surface area contributed by atoms with Crippen LogP contribution >= 0.6 is 0 Å². The van der Waals surface area contributed by atoms with Crippen molar-refractivity contribution in [3.8, 4) is 11.4 Å². The van der Waals surface area contributed by atoms with E-state index in [0.717, 1.165) is 25.2 Å². The number of benzene rings is 2. The first-order valence-electron chi connectivity index (χ1n) is 12.1. The second-order valence-electron chi connectivity index (χ2n) is 8.14. The summed E-state index contributed by atoms with van der Waals surface area (Å²) in [6.07, 6.45) is 3.08. The van der Waals surface area contributed by atoms with E-state index >= 15 is 0 Å². The second-order valence-corrected chi connectivity index (χ2v) is 8.14. The van der Waals surface area contributed by atoms with Crippen LogP contribution in [0.5, 0.6) is 0 Å². The number of carbonyl (C=O) groups is 2. The largest absolute Gasteiger partial charge is 0.465 e. The molecule has 4 aromatic rings. The molecule has 0 atom stereocenters. The Morgan fingerprint density at radius 2 is 1.76 bits per heavy atom. The Hall–Kier alpha value is -4.57.